The molecule has 0 unspecified atom stereocenters. The van der Waals surface area contributed by atoms with E-state index in [0.29, 0.717) is 6.04 Å². The number of nitrogens with one attached hydrogen (secondary N) is 2. The second kappa shape index (κ2) is 14.1. The summed E-state index contributed by atoms with van der Waals surface area (Å²) < 4.78 is 13.0. The highest BCUT2D eigenvalue weighted by Crippen LogP contribution is 2.14. The average molecular weight is 505 g/mol. The first-order valence-corrected chi connectivity index (χ1v) is 10.2. The van der Waals surface area contributed by atoms with Crippen LogP contribution in [-0.4, -0.2) is 68.6 Å². The van der Waals surface area contributed by atoms with Gasteiger partial charge < -0.3 is 15.5 Å². The van der Waals surface area contributed by atoms with E-state index in [1.54, 1.807) is 12.1 Å². The second-order valence-corrected chi connectivity index (χ2v) is 7.48. The fourth-order valence-electron chi connectivity index (χ4n) is 3.38. The van der Waals surface area contributed by atoms with E-state index in [2.05, 4.69) is 39.4 Å². The van der Waals surface area contributed by atoms with Gasteiger partial charge in [-0.1, -0.05) is 25.5 Å². The molecule has 1 heterocycles. The molecule has 2 rings (SSSR count). The Balaban J connectivity index is 0.00000392. The van der Waals surface area contributed by atoms with Gasteiger partial charge in [-0.25, -0.2) is 4.39 Å². The summed E-state index contributed by atoms with van der Waals surface area (Å²) in [7, 11) is 4.00. The Hall–Kier alpha value is -0.930. The zero-order chi connectivity index (χ0) is 19.5. The van der Waals surface area contributed by atoms with Gasteiger partial charge in [0.1, 0.15) is 5.82 Å². The molecular weight excluding hydrogens is 468 g/mol. The zero-order valence-electron chi connectivity index (χ0n) is 17.6. The molecule has 1 aliphatic heterocycles. The van der Waals surface area contributed by atoms with Crippen molar-refractivity contribution >= 4 is 29.9 Å². The number of benzene rings is 1. The number of likely N-dealkylation sites (N-methyl/N-ethyl adjacent to an activating group) is 1. The molecule has 0 spiro atoms. The molecule has 2 N–H and O–H groups in total. The first kappa shape index (κ1) is 25.1. The van der Waals surface area contributed by atoms with Crippen LogP contribution in [0.25, 0.3) is 0 Å². The molecule has 28 heavy (non-hydrogen) atoms. The molecule has 1 aliphatic rings. The minimum absolute atomic E-state index is 0. The maximum absolute atomic E-state index is 13.0. The van der Waals surface area contributed by atoms with E-state index in [1.165, 1.54) is 18.4 Å². The summed E-state index contributed by atoms with van der Waals surface area (Å²) in [6.45, 7) is 8.29. The predicted octanol–water partition coefficient (Wildman–Crippen LogP) is 3.31. The van der Waals surface area contributed by atoms with Crippen LogP contribution in [0.15, 0.2) is 29.3 Å². The van der Waals surface area contributed by atoms with Crippen molar-refractivity contribution in [3.8, 4) is 0 Å². The summed E-state index contributed by atoms with van der Waals surface area (Å²) >= 11 is 0. The number of hydrogen-bond acceptors (Lipinski definition) is 3. The number of halogens is 2. The van der Waals surface area contributed by atoms with Gasteiger partial charge in [-0.05, 0) is 50.6 Å². The topological polar surface area (TPSA) is 42.9 Å². The minimum atomic E-state index is -0.169. The number of rotatable bonds is 9. The third-order valence-electron chi connectivity index (χ3n) is 5.15. The average Bonchev–Trinajstić information content (AvgIpc) is 2.68. The van der Waals surface area contributed by atoms with Crippen LogP contribution in [0.4, 0.5) is 4.39 Å². The van der Waals surface area contributed by atoms with E-state index >= 15 is 0 Å². The van der Waals surface area contributed by atoms with Crippen molar-refractivity contribution in [3.05, 3.63) is 35.6 Å². The largest absolute Gasteiger partial charge is 0.355 e. The minimum Gasteiger partial charge on any atom is -0.355 e. The number of aliphatic imine (C=N–C) groups is 1. The molecule has 0 saturated carbocycles. The molecule has 0 bridgehead atoms. The van der Waals surface area contributed by atoms with Gasteiger partial charge in [0.15, 0.2) is 5.96 Å². The highest BCUT2D eigenvalue weighted by molar-refractivity contribution is 14.0. The molecule has 0 radical (unpaired) electrons. The first-order chi connectivity index (χ1) is 13.1. The Morgan fingerprint density at radius 1 is 1.21 bits per heavy atom. The van der Waals surface area contributed by atoms with Gasteiger partial charge in [-0.2, -0.15) is 0 Å². The molecule has 1 aromatic carbocycles. The fourth-order valence-corrected chi connectivity index (χ4v) is 3.38. The lowest BCUT2D eigenvalue weighted by Crippen LogP contribution is -2.49. The number of nitrogens with zero attached hydrogens (tertiary/aromatic N) is 3. The zero-order valence-corrected chi connectivity index (χ0v) is 19.9. The number of unbranched alkanes of at least 4 members (excludes halogenated alkanes) is 1. The lowest BCUT2D eigenvalue weighted by atomic mass is 10.0. The van der Waals surface area contributed by atoms with Gasteiger partial charge in [0.25, 0.3) is 0 Å². The Morgan fingerprint density at radius 3 is 2.50 bits per heavy atom. The van der Waals surface area contributed by atoms with Crippen LogP contribution in [0.1, 0.15) is 38.2 Å². The van der Waals surface area contributed by atoms with Gasteiger partial charge in [-0.3, -0.25) is 9.89 Å². The van der Waals surface area contributed by atoms with E-state index < -0.39 is 0 Å². The number of piperidine rings is 1. The Kier molecular flexibility index (Phi) is 12.7. The van der Waals surface area contributed by atoms with Crippen molar-refractivity contribution in [2.24, 2.45) is 4.99 Å². The van der Waals surface area contributed by atoms with Crippen molar-refractivity contribution in [1.82, 2.24) is 20.4 Å². The molecule has 1 saturated heterocycles. The summed E-state index contributed by atoms with van der Waals surface area (Å²) in [6, 6.07) is 7.29. The van der Waals surface area contributed by atoms with Gasteiger partial charge in [-0.15, -0.1) is 24.0 Å². The Bertz CT molecular complexity index is 558. The predicted molar refractivity (Wildman–Crippen MR) is 127 cm³/mol. The second-order valence-electron chi connectivity index (χ2n) is 7.48. The molecule has 5 nitrogen and oxygen atoms in total. The van der Waals surface area contributed by atoms with Gasteiger partial charge >= 0.3 is 0 Å². The molecule has 1 fully saturated rings. The van der Waals surface area contributed by atoms with Crippen molar-refractivity contribution < 1.29 is 4.39 Å². The molecule has 0 aliphatic carbocycles. The number of likely N-dealkylation sites (tertiary alicyclic amines) is 1. The van der Waals surface area contributed by atoms with Gasteiger partial charge in [0.05, 0.1) is 0 Å². The quantitative estimate of drug-likeness (QED) is 0.307. The smallest absolute Gasteiger partial charge is 0.191 e. The number of guanidine groups is 1. The van der Waals surface area contributed by atoms with Crippen LogP contribution in [0.2, 0.25) is 0 Å². The molecule has 0 atom stereocenters. The summed E-state index contributed by atoms with van der Waals surface area (Å²) in [5.41, 5.74) is 1.17. The van der Waals surface area contributed by atoms with Crippen LogP contribution >= 0.6 is 24.0 Å². The van der Waals surface area contributed by atoms with Gasteiger partial charge in [0.2, 0.25) is 0 Å². The van der Waals surface area contributed by atoms with Gasteiger partial charge in [0, 0.05) is 45.8 Å². The normalized spacial score (nSPS) is 16.1. The highest BCUT2D eigenvalue weighted by atomic mass is 127. The maximum atomic E-state index is 13.0. The van der Waals surface area contributed by atoms with E-state index in [1.807, 2.05) is 19.2 Å². The summed E-state index contributed by atoms with van der Waals surface area (Å²) in [5.74, 6) is 0.730. The molecule has 1 aromatic rings. The standard InChI is InChI=1S/C21H36FN5.HI/c1-4-5-13-26(3)16-12-24-21(23-2)25-20-10-14-27(15-11-20)17-18-6-8-19(22)9-7-18;/h6-9,20H,4-5,10-17H2,1-3H3,(H2,23,24,25);1H. The Morgan fingerprint density at radius 2 is 1.89 bits per heavy atom. The number of hydrogen-bond donors (Lipinski definition) is 2. The molecule has 0 amide bonds. The fraction of sp³-hybridized carbons (Fsp3) is 0.667. The van der Waals surface area contributed by atoms with E-state index in [9.17, 15) is 4.39 Å². The van der Waals surface area contributed by atoms with Crippen LogP contribution in [-0.2, 0) is 6.54 Å². The maximum Gasteiger partial charge on any atom is 0.191 e. The van der Waals surface area contributed by atoms with E-state index in [-0.39, 0.29) is 29.8 Å². The lowest BCUT2D eigenvalue weighted by Gasteiger charge is -2.33. The first-order valence-electron chi connectivity index (χ1n) is 10.2. The third-order valence-corrected chi connectivity index (χ3v) is 5.15. The van der Waals surface area contributed by atoms with Crippen molar-refractivity contribution in [2.45, 2.75) is 45.2 Å². The van der Waals surface area contributed by atoms with Crippen molar-refractivity contribution in [2.75, 3.05) is 46.8 Å². The van der Waals surface area contributed by atoms with Crippen LogP contribution in [0, 0.1) is 5.82 Å². The molecule has 0 aromatic heterocycles. The molecule has 160 valence electrons. The van der Waals surface area contributed by atoms with Crippen LogP contribution in [0.3, 0.4) is 0 Å². The molecule has 7 heteroatoms. The monoisotopic (exact) mass is 505 g/mol. The summed E-state index contributed by atoms with van der Waals surface area (Å²) in [4.78, 5) is 9.16. The van der Waals surface area contributed by atoms with Crippen molar-refractivity contribution in [1.29, 1.82) is 0 Å². The Labute approximate surface area is 187 Å². The summed E-state index contributed by atoms with van der Waals surface area (Å²) in [5, 5.41) is 6.99. The van der Waals surface area contributed by atoms with Crippen LogP contribution < -0.4 is 10.6 Å². The third kappa shape index (κ3) is 9.52. The summed E-state index contributed by atoms with van der Waals surface area (Å²) in [6.07, 6.45) is 4.68. The van der Waals surface area contributed by atoms with Crippen molar-refractivity contribution in [3.63, 3.8) is 0 Å². The SMILES string of the molecule is CCCCN(C)CCNC(=NC)NC1CCN(Cc2ccc(F)cc2)CC1.I. The van der Waals surface area contributed by atoms with Crippen LogP contribution in [0.5, 0.6) is 0 Å². The van der Waals surface area contributed by atoms with E-state index in [0.717, 1.165) is 58.1 Å². The lowest BCUT2D eigenvalue weighted by molar-refractivity contribution is 0.198. The highest BCUT2D eigenvalue weighted by Gasteiger charge is 2.20. The molecular formula is C21H37FIN5. The van der Waals surface area contributed by atoms with E-state index in [4.69, 9.17) is 0 Å².